The third-order valence-corrected chi connectivity index (χ3v) is 7.58. The van der Waals surface area contributed by atoms with Gasteiger partial charge in [-0.15, -0.1) is 0 Å². The number of morpholine rings is 1. The number of likely N-dealkylation sites (tertiary alicyclic amines) is 1. The van der Waals surface area contributed by atoms with E-state index in [1.165, 1.54) is 4.31 Å². The molecule has 30 heavy (non-hydrogen) atoms. The van der Waals surface area contributed by atoms with Crippen molar-refractivity contribution in [3.05, 3.63) is 29.7 Å². The molecule has 0 N–H and O–H groups in total. The lowest BCUT2D eigenvalue weighted by molar-refractivity contribution is 0.0711. The van der Waals surface area contributed by atoms with Crippen LogP contribution in [0.25, 0.3) is 11.4 Å². The van der Waals surface area contributed by atoms with Gasteiger partial charge in [-0.05, 0) is 31.4 Å². The van der Waals surface area contributed by atoms with Crippen molar-refractivity contribution in [2.75, 3.05) is 39.4 Å². The molecular weight excluding hydrogens is 408 g/mol. The minimum Gasteiger partial charge on any atom is -0.379 e. The lowest BCUT2D eigenvalue weighted by atomic mass is 10.1. The Kier molecular flexibility index (Phi) is 6.16. The Balaban J connectivity index is 1.59. The van der Waals surface area contributed by atoms with Crippen LogP contribution in [-0.4, -0.2) is 73.1 Å². The largest absolute Gasteiger partial charge is 0.379 e. The fraction of sp³-hybridized carbons (Fsp3) is 0.550. The number of aromatic nitrogens is 2. The number of sulfonamides is 1. The summed E-state index contributed by atoms with van der Waals surface area (Å²) >= 11 is 0. The van der Waals surface area contributed by atoms with Crippen LogP contribution < -0.4 is 0 Å². The molecule has 1 amide bonds. The molecule has 3 heterocycles. The van der Waals surface area contributed by atoms with Gasteiger partial charge in [0.1, 0.15) is 0 Å². The van der Waals surface area contributed by atoms with E-state index in [0.29, 0.717) is 50.5 Å². The van der Waals surface area contributed by atoms with Gasteiger partial charge < -0.3 is 14.2 Å². The van der Waals surface area contributed by atoms with Gasteiger partial charge in [-0.1, -0.05) is 30.1 Å². The van der Waals surface area contributed by atoms with Crippen LogP contribution in [0.4, 0.5) is 0 Å². The highest BCUT2D eigenvalue weighted by Gasteiger charge is 2.29. The van der Waals surface area contributed by atoms with Gasteiger partial charge in [-0.3, -0.25) is 4.79 Å². The first-order valence-electron chi connectivity index (χ1n) is 10.3. The van der Waals surface area contributed by atoms with E-state index in [1.807, 2.05) is 0 Å². The van der Waals surface area contributed by atoms with Crippen molar-refractivity contribution in [1.29, 1.82) is 0 Å². The van der Waals surface area contributed by atoms with Crippen LogP contribution in [0.1, 0.15) is 41.9 Å². The summed E-state index contributed by atoms with van der Waals surface area (Å²) < 4.78 is 38.1. The highest BCUT2D eigenvalue weighted by molar-refractivity contribution is 7.89. The maximum absolute atomic E-state index is 13.1. The summed E-state index contributed by atoms with van der Waals surface area (Å²) in [5.74, 6) is -0.138. The smallest absolute Gasteiger partial charge is 0.316 e. The molecule has 2 saturated heterocycles. The van der Waals surface area contributed by atoms with Crippen molar-refractivity contribution in [2.45, 2.75) is 37.5 Å². The van der Waals surface area contributed by atoms with Crippen LogP contribution in [0.2, 0.25) is 0 Å². The van der Waals surface area contributed by atoms with Gasteiger partial charge in [0.2, 0.25) is 15.8 Å². The third-order valence-electron chi connectivity index (χ3n) is 5.54. The molecule has 4 rings (SSSR count). The molecule has 0 saturated carbocycles. The van der Waals surface area contributed by atoms with Crippen LogP contribution in [0.5, 0.6) is 0 Å². The highest BCUT2D eigenvalue weighted by Crippen LogP contribution is 2.26. The maximum atomic E-state index is 13.1. The molecule has 0 aliphatic carbocycles. The first-order chi connectivity index (χ1) is 14.5. The Morgan fingerprint density at radius 1 is 1.03 bits per heavy atom. The summed E-state index contributed by atoms with van der Waals surface area (Å²) in [5, 5.41) is 3.93. The van der Waals surface area contributed by atoms with E-state index in [4.69, 9.17) is 9.26 Å². The number of amides is 1. The summed E-state index contributed by atoms with van der Waals surface area (Å²) in [6.45, 7) is 4.52. The first-order valence-corrected chi connectivity index (χ1v) is 11.7. The van der Waals surface area contributed by atoms with Gasteiger partial charge in [-0.25, -0.2) is 8.42 Å². The Bertz CT molecular complexity index is 1010. The molecular formula is C20H26N4O5S. The number of benzene rings is 1. The molecule has 2 aromatic rings. The van der Waals surface area contributed by atoms with Crippen molar-refractivity contribution >= 4 is 15.9 Å². The SMILES string of the molecule is Cc1ccc(-c2noc(C(=O)N3CCCCCC3)n2)cc1S(=O)(=O)N1CCOCC1. The Hall–Kier alpha value is -2.30. The van der Waals surface area contributed by atoms with Crippen molar-refractivity contribution in [3.63, 3.8) is 0 Å². The molecule has 1 aromatic carbocycles. The summed E-state index contributed by atoms with van der Waals surface area (Å²) in [6.07, 6.45) is 4.16. The minimum absolute atomic E-state index is 0.0648. The predicted molar refractivity (Wildman–Crippen MR) is 108 cm³/mol. The quantitative estimate of drug-likeness (QED) is 0.725. The maximum Gasteiger partial charge on any atom is 0.316 e. The fourth-order valence-electron chi connectivity index (χ4n) is 3.78. The van der Waals surface area contributed by atoms with Crippen molar-refractivity contribution in [1.82, 2.24) is 19.3 Å². The fourth-order valence-corrected chi connectivity index (χ4v) is 5.44. The van der Waals surface area contributed by atoms with Gasteiger partial charge in [0.05, 0.1) is 18.1 Å². The van der Waals surface area contributed by atoms with Crippen molar-refractivity contribution in [3.8, 4) is 11.4 Å². The number of nitrogens with zero attached hydrogens (tertiary/aromatic N) is 4. The second-order valence-corrected chi connectivity index (χ2v) is 9.53. The lowest BCUT2D eigenvalue weighted by Crippen LogP contribution is -2.40. The normalized spacial score (nSPS) is 18.9. The van der Waals surface area contributed by atoms with Gasteiger partial charge in [-0.2, -0.15) is 9.29 Å². The number of carbonyl (C=O) groups excluding carboxylic acids is 1. The van der Waals surface area contributed by atoms with E-state index in [9.17, 15) is 13.2 Å². The minimum atomic E-state index is -3.66. The van der Waals surface area contributed by atoms with E-state index < -0.39 is 10.0 Å². The molecule has 1 aromatic heterocycles. The molecule has 0 radical (unpaired) electrons. The second-order valence-electron chi connectivity index (χ2n) is 7.63. The monoisotopic (exact) mass is 434 g/mol. The number of aryl methyl sites for hydroxylation is 1. The van der Waals surface area contributed by atoms with E-state index in [0.717, 1.165) is 25.7 Å². The zero-order valence-electron chi connectivity index (χ0n) is 17.0. The van der Waals surface area contributed by atoms with E-state index in [-0.39, 0.29) is 22.5 Å². The zero-order valence-corrected chi connectivity index (χ0v) is 17.9. The number of carbonyl (C=O) groups is 1. The number of ether oxygens (including phenoxy) is 1. The molecule has 10 heteroatoms. The summed E-state index contributed by atoms with van der Waals surface area (Å²) in [4.78, 5) is 18.9. The zero-order chi connectivity index (χ0) is 21.1. The highest BCUT2D eigenvalue weighted by atomic mass is 32.2. The van der Waals surface area contributed by atoms with E-state index in [1.54, 1.807) is 30.0 Å². The molecule has 0 spiro atoms. The average molecular weight is 435 g/mol. The molecule has 0 bridgehead atoms. The Morgan fingerprint density at radius 2 is 1.73 bits per heavy atom. The molecule has 0 unspecified atom stereocenters. The van der Waals surface area contributed by atoms with Crippen LogP contribution in [0.15, 0.2) is 27.6 Å². The van der Waals surface area contributed by atoms with Crippen molar-refractivity contribution < 1.29 is 22.5 Å². The summed E-state index contributed by atoms with van der Waals surface area (Å²) in [7, 11) is -3.66. The predicted octanol–water partition coefficient (Wildman–Crippen LogP) is 2.08. The van der Waals surface area contributed by atoms with E-state index >= 15 is 0 Å². The Labute approximate surface area is 176 Å². The molecule has 2 aliphatic rings. The standard InChI is InChI=1S/C20H26N4O5S/c1-15-6-7-16(14-17(15)30(26,27)24-10-12-28-13-11-24)18-21-19(29-22-18)20(25)23-8-4-2-3-5-9-23/h6-7,14H,2-5,8-13H2,1H3. The average Bonchev–Trinajstić information content (AvgIpc) is 3.09. The van der Waals surface area contributed by atoms with E-state index in [2.05, 4.69) is 10.1 Å². The topological polar surface area (TPSA) is 106 Å². The number of hydrogen-bond acceptors (Lipinski definition) is 7. The number of hydrogen-bond donors (Lipinski definition) is 0. The molecule has 2 fully saturated rings. The molecule has 0 atom stereocenters. The summed E-state index contributed by atoms with van der Waals surface area (Å²) in [6, 6.07) is 5.00. The summed E-state index contributed by atoms with van der Waals surface area (Å²) in [5.41, 5.74) is 1.13. The van der Waals surface area contributed by atoms with Gasteiger partial charge >= 0.3 is 11.8 Å². The van der Waals surface area contributed by atoms with Crippen LogP contribution in [0.3, 0.4) is 0 Å². The van der Waals surface area contributed by atoms with Gasteiger partial charge in [0.25, 0.3) is 0 Å². The Morgan fingerprint density at radius 3 is 2.43 bits per heavy atom. The van der Waals surface area contributed by atoms with Crippen LogP contribution in [0, 0.1) is 6.92 Å². The molecule has 162 valence electrons. The molecule has 2 aliphatic heterocycles. The van der Waals surface area contributed by atoms with Crippen LogP contribution in [-0.2, 0) is 14.8 Å². The number of rotatable bonds is 4. The second kappa shape index (κ2) is 8.83. The van der Waals surface area contributed by atoms with Crippen molar-refractivity contribution in [2.24, 2.45) is 0 Å². The van der Waals surface area contributed by atoms with Gasteiger partial charge in [0, 0.05) is 31.7 Å². The molecule has 9 nitrogen and oxygen atoms in total. The van der Waals surface area contributed by atoms with Gasteiger partial charge in [0.15, 0.2) is 0 Å². The first kappa shape index (κ1) is 21.0. The van der Waals surface area contributed by atoms with Crippen LogP contribution >= 0.6 is 0 Å². The third kappa shape index (κ3) is 4.26. The lowest BCUT2D eigenvalue weighted by Gasteiger charge is -2.26.